The van der Waals surface area contributed by atoms with Crippen LogP contribution in [0.15, 0.2) is 0 Å². The smallest absolute Gasteiger partial charge is 0.244 e. The highest BCUT2D eigenvalue weighted by Crippen LogP contribution is 2.17. The molecule has 7 nitrogen and oxygen atoms in total. The monoisotopic (exact) mass is 327 g/mol. The lowest BCUT2D eigenvalue weighted by Crippen LogP contribution is -2.44. The Kier molecular flexibility index (Phi) is 8.61. The molecule has 1 saturated carbocycles. The van der Waals surface area contributed by atoms with Crippen LogP contribution in [0, 0.1) is 11.8 Å². The van der Waals surface area contributed by atoms with Crippen molar-refractivity contribution in [2.45, 2.75) is 64.8 Å². The van der Waals surface area contributed by atoms with Gasteiger partial charge in [0.1, 0.15) is 0 Å². The lowest BCUT2D eigenvalue weighted by Gasteiger charge is -2.23. The van der Waals surface area contributed by atoms with Gasteiger partial charge in [0.25, 0.3) is 0 Å². The zero-order valence-corrected chi connectivity index (χ0v) is 14.1. The number of amides is 3. The molecule has 0 aromatic carbocycles. The number of hydrogen-bond acceptors (Lipinski definition) is 4. The second-order valence-electron chi connectivity index (χ2n) is 6.69. The third-order valence-corrected chi connectivity index (χ3v) is 4.08. The first-order chi connectivity index (χ1) is 10.9. The van der Waals surface area contributed by atoms with Gasteiger partial charge in [-0.25, -0.2) is 5.48 Å². The lowest BCUT2D eigenvalue weighted by atomic mass is 9.93. The van der Waals surface area contributed by atoms with Crippen LogP contribution in [-0.4, -0.2) is 35.5 Å². The summed E-state index contributed by atoms with van der Waals surface area (Å²) in [7, 11) is 0. The van der Waals surface area contributed by atoms with Crippen LogP contribution in [0.1, 0.15) is 58.8 Å². The number of rotatable bonds is 8. The molecule has 0 bridgehead atoms. The van der Waals surface area contributed by atoms with Gasteiger partial charge in [-0.2, -0.15) is 0 Å². The minimum Gasteiger partial charge on any atom is -0.352 e. The standard InChI is InChI=1S/C16H29N3O4/c1-11(2)8-12(9-14(20)19-23)16(22)17-10-15(21)18-13-6-4-3-5-7-13/h11-13,23H,3-10H2,1-2H3,(H,17,22)(H,18,21)(H,19,20). The highest BCUT2D eigenvalue weighted by molar-refractivity contribution is 5.88. The van der Waals surface area contributed by atoms with E-state index >= 15 is 0 Å². The molecule has 1 rings (SSSR count). The van der Waals surface area contributed by atoms with Gasteiger partial charge in [-0.3, -0.25) is 19.6 Å². The zero-order valence-electron chi connectivity index (χ0n) is 14.1. The van der Waals surface area contributed by atoms with Crippen LogP contribution in [0.2, 0.25) is 0 Å². The van der Waals surface area contributed by atoms with E-state index in [2.05, 4.69) is 10.6 Å². The van der Waals surface area contributed by atoms with Gasteiger partial charge < -0.3 is 10.6 Å². The number of carbonyl (C=O) groups excluding carboxylic acids is 3. The van der Waals surface area contributed by atoms with E-state index in [1.54, 1.807) is 5.48 Å². The van der Waals surface area contributed by atoms with Gasteiger partial charge in [-0.1, -0.05) is 33.1 Å². The van der Waals surface area contributed by atoms with Gasteiger partial charge in [0.15, 0.2) is 0 Å². The van der Waals surface area contributed by atoms with E-state index in [0.29, 0.717) is 6.42 Å². The number of hydroxylamine groups is 1. The molecule has 132 valence electrons. The first kappa shape index (κ1) is 19.4. The van der Waals surface area contributed by atoms with Crippen molar-refractivity contribution in [3.8, 4) is 0 Å². The first-order valence-electron chi connectivity index (χ1n) is 8.42. The maximum atomic E-state index is 12.2. The summed E-state index contributed by atoms with van der Waals surface area (Å²) in [6, 6.07) is 0.208. The quantitative estimate of drug-likeness (QED) is 0.395. The minimum atomic E-state index is -0.600. The summed E-state index contributed by atoms with van der Waals surface area (Å²) in [4.78, 5) is 35.4. The molecule has 0 aliphatic heterocycles. The lowest BCUT2D eigenvalue weighted by molar-refractivity contribution is -0.135. The Labute approximate surface area is 137 Å². The third kappa shape index (κ3) is 7.97. The molecule has 0 aromatic heterocycles. The molecule has 0 saturated heterocycles. The van der Waals surface area contributed by atoms with E-state index in [9.17, 15) is 14.4 Å². The molecule has 0 aromatic rings. The molecule has 0 radical (unpaired) electrons. The van der Waals surface area contributed by atoms with E-state index in [1.807, 2.05) is 13.8 Å². The number of hydrogen-bond donors (Lipinski definition) is 4. The Morgan fingerprint density at radius 2 is 1.74 bits per heavy atom. The SMILES string of the molecule is CC(C)CC(CC(=O)NO)C(=O)NCC(=O)NC1CCCCC1. The van der Waals surface area contributed by atoms with Crippen LogP contribution in [-0.2, 0) is 14.4 Å². The second kappa shape index (κ2) is 10.2. The zero-order chi connectivity index (χ0) is 17.2. The van der Waals surface area contributed by atoms with Crippen molar-refractivity contribution in [1.29, 1.82) is 0 Å². The van der Waals surface area contributed by atoms with Crippen LogP contribution < -0.4 is 16.1 Å². The molecule has 1 atom stereocenters. The van der Waals surface area contributed by atoms with E-state index in [-0.39, 0.29) is 36.7 Å². The third-order valence-electron chi connectivity index (χ3n) is 4.08. The van der Waals surface area contributed by atoms with Crippen LogP contribution in [0.3, 0.4) is 0 Å². The van der Waals surface area contributed by atoms with Crippen molar-refractivity contribution >= 4 is 17.7 Å². The van der Waals surface area contributed by atoms with Crippen LogP contribution in [0.5, 0.6) is 0 Å². The fourth-order valence-corrected chi connectivity index (χ4v) is 2.96. The maximum Gasteiger partial charge on any atom is 0.244 e. The summed E-state index contributed by atoms with van der Waals surface area (Å²) in [6.07, 6.45) is 5.88. The van der Waals surface area contributed by atoms with Crippen molar-refractivity contribution in [3.05, 3.63) is 0 Å². The average molecular weight is 327 g/mol. The highest BCUT2D eigenvalue weighted by atomic mass is 16.5. The molecule has 7 heteroatoms. The molecule has 4 N–H and O–H groups in total. The van der Waals surface area contributed by atoms with Gasteiger partial charge in [0.05, 0.1) is 6.54 Å². The number of carbonyl (C=O) groups is 3. The molecule has 1 aliphatic carbocycles. The molecular weight excluding hydrogens is 298 g/mol. The van der Waals surface area contributed by atoms with Gasteiger partial charge in [-0.15, -0.1) is 0 Å². The van der Waals surface area contributed by atoms with Crippen molar-refractivity contribution in [3.63, 3.8) is 0 Å². The summed E-state index contributed by atoms with van der Waals surface area (Å²) in [5.74, 6) is -1.45. The van der Waals surface area contributed by atoms with Crippen molar-refractivity contribution in [2.24, 2.45) is 11.8 Å². The summed E-state index contributed by atoms with van der Waals surface area (Å²) in [5, 5.41) is 14.1. The van der Waals surface area contributed by atoms with Gasteiger partial charge >= 0.3 is 0 Å². The van der Waals surface area contributed by atoms with Crippen LogP contribution >= 0.6 is 0 Å². The molecule has 1 fully saturated rings. The average Bonchev–Trinajstić information content (AvgIpc) is 2.52. The summed E-state index contributed by atoms with van der Waals surface area (Å²) in [6.45, 7) is 3.82. The van der Waals surface area contributed by atoms with Gasteiger partial charge in [0, 0.05) is 18.4 Å². The van der Waals surface area contributed by atoms with Crippen molar-refractivity contribution in [1.82, 2.24) is 16.1 Å². The predicted octanol–water partition coefficient (Wildman–Crippen LogP) is 1.11. The van der Waals surface area contributed by atoms with Gasteiger partial charge in [0.2, 0.25) is 17.7 Å². The Morgan fingerprint density at radius 1 is 1.09 bits per heavy atom. The molecule has 3 amide bonds. The summed E-state index contributed by atoms with van der Waals surface area (Å²) in [5.41, 5.74) is 1.54. The Bertz CT molecular complexity index is 406. The molecule has 1 unspecified atom stereocenters. The van der Waals surface area contributed by atoms with E-state index in [4.69, 9.17) is 5.21 Å². The summed E-state index contributed by atoms with van der Waals surface area (Å²) < 4.78 is 0. The van der Waals surface area contributed by atoms with Crippen molar-refractivity contribution in [2.75, 3.05) is 6.54 Å². The molecular formula is C16H29N3O4. The van der Waals surface area contributed by atoms with E-state index in [0.717, 1.165) is 25.7 Å². The van der Waals surface area contributed by atoms with E-state index < -0.39 is 11.8 Å². The van der Waals surface area contributed by atoms with Crippen LogP contribution in [0.4, 0.5) is 0 Å². The Hall–Kier alpha value is -1.63. The Balaban J connectivity index is 2.40. The largest absolute Gasteiger partial charge is 0.352 e. The molecule has 0 heterocycles. The normalized spacial score (nSPS) is 16.7. The highest BCUT2D eigenvalue weighted by Gasteiger charge is 2.23. The predicted molar refractivity (Wildman–Crippen MR) is 85.5 cm³/mol. The fourth-order valence-electron chi connectivity index (χ4n) is 2.96. The topological polar surface area (TPSA) is 108 Å². The summed E-state index contributed by atoms with van der Waals surface area (Å²) >= 11 is 0. The Morgan fingerprint density at radius 3 is 2.30 bits per heavy atom. The van der Waals surface area contributed by atoms with Crippen LogP contribution in [0.25, 0.3) is 0 Å². The number of nitrogens with one attached hydrogen (secondary N) is 3. The molecule has 23 heavy (non-hydrogen) atoms. The minimum absolute atomic E-state index is 0.0787. The van der Waals surface area contributed by atoms with E-state index in [1.165, 1.54) is 6.42 Å². The van der Waals surface area contributed by atoms with Gasteiger partial charge in [-0.05, 0) is 25.2 Å². The molecule has 1 aliphatic rings. The molecule has 0 spiro atoms. The van der Waals surface area contributed by atoms with Crippen molar-refractivity contribution < 1.29 is 19.6 Å². The first-order valence-corrected chi connectivity index (χ1v) is 8.42. The second-order valence-corrected chi connectivity index (χ2v) is 6.69. The maximum absolute atomic E-state index is 12.2. The fraction of sp³-hybridized carbons (Fsp3) is 0.812.